The van der Waals surface area contributed by atoms with E-state index < -0.39 is 0 Å². The first-order valence-corrected chi connectivity index (χ1v) is 10.6. The van der Waals surface area contributed by atoms with Gasteiger partial charge in [-0.25, -0.2) is 4.79 Å². The van der Waals surface area contributed by atoms with E-state index >= 15 is 0 Å². The average Bonchev–Trinajstić information content (AvgIpc) is 2.97. The first kappa shape index (κ1) is 19.8. The van der Waals surface area contributed by atoms with Crippen LogP contribution in [-0.4, -0.2) is 43.6 Å². The maximum absolute atomic E-state index is 12.3. The minimum absolute atomic E-state index is 0.127. The van der Waals surface area contributed by atoms with Gasteiger partial charge >= 0.3 is 5.97 Å². The second kappa shape index (κ2) is 9.80. The number of esters is 1. The molecule has 0 radical (unpaired) electrons. The third-order valence-electron chi connectivity index (χ3n) is 4.26. The average molecular weight is 383 g/mol. The van der Waals surface area contributed by atoms with Crippen LogP contribution in [0, 0.1) is 11.3 Å². The van der Waals surface area contributed by atoms with Gasteiger partial charge in [0.05, 0.1) is 12.7 Å². The van der Waals surface area contributed by atoms with Crippen LogP contribution < -0.4 is 10.6 Å². The number of aryl methyl sites for hydroxylation is 1. The summed E-state index contributed by atoms with van der Waals surface area (Å²) in [6.45, 7) is 0.127. The number of methoxy groups -OCH3 is 1. The van der Waals surface area contributed by atoms with Crippen molar-refractivity contribution in [3.05, 3.63) is 16.0 Å². The molecular formula is C17H24N3O3S2+. The van der Waals surface area contributed by atoms with Crippen LogP contribution in [0.2, 0.25) is 0 Å². The van der Waals surface area contributed by atoms with E-state index in [0.29, 0.717) is 17.0 Å². The topological polar surface area (TPSA) is 95.8 Å². The molecule has 0 aliphatic heterocycles. The van der Waals surface area contributed by atoms with Gasteiger partial charge in [0.2, 0.25) is 0 Å². The zero-order valence-electron chi connectivity index (χ0n) is 14.6. The molecule has 0 unspecified atom stereocenters. The fourth-order valence-electron chi connectivity index (χ4n) is 2.93. The van der Waals surface area contributed by atoms with Crippen molar-refractivity contribution in [1.29, 1.82) is 5.26 Å². The van der Waals surface area contributed by atoms with E-state index in [4.69, 9.17) is 4.74 Å². The number of hydrogen-bond acceptors (Lipinski definition) is 6. The number of nitriles is 1. The maximum Gasteiger partial charge on any atom is 0.364 e. The van der Waals surface area contributed by atoms with E-state index in [1.165, 1.54) is 23.3 Å². The van der Waals surface area contributed by atoms with Crippen molar-refractivity contribution in [2.45, 2.75) is 38.1 Å². The van der Waals surface area contributed by atoms with Crippen LogP contribution in [-0.2, 0) is 27.2 Å². The Hall–Kier alpha value is -1.56. The van der Waals surface area contributed by atoms with Crippen LogP contribution in [0.25, 0.3) is 0 Å². The minimum atomic E-state index is -0.379. The van der Waals surface area contributed by atoms with Crippen molar-refractivity contribution in [3.8, 4) is 6.07 Å². The van der Waals surface area contributed by atoms with Gasteiger partial charge in [0.1, 0.15) is 11.1 Å². The molecule has 1 amide bonds. The fraction of sp³-hybridized carbons (Fsp3) is 0.588. The molecule has 0 spiro atoms. The Bertz CT molecular complexity index is 667. The lowest BCUT2D eigenvalue weighted by molar-refractivity contribution is -0.667. The number of nitrogens with one attached hydrogen (secondary N) is 1. The molecule has 8 heteroatoms. The third-order valence-corrected chi connectivity index (χ3v) is 6.11. The number of ether oxygens (including phenoxy) is 1. The molecule has 1 aliphatic carbocycles. The smallest absolute Gasteiger partial charge is 0.364 e. The lowest BCUT2D eigenvalue weighted by Gasteiger charge is -2.12. The van der Waals surface area contributed by atoms with E-state index in [1.807, 2.05) is 6.26 Å². The molecule has 1 heterocycles. The highest BCUT2D eigenvalue weighted by Gasteiger charge is 2.25. The number of quaternary nitrogens is 1. The van der Waals surface area contributed by atoms with Gasteiger partial charge in [-0.15, -0.1) is 11.3 Å². The number of carbonyl (C=O) groups excluding carboxylic acids is 2. The van der Waals surface area contributed by atoms with E-state index in [1.54, 1.807) is 17.1 Å². The molecule has 6 nitrogen and oxygen atoms in total. The van der Waals surface area contributed by atoms with Crippen LogP contribution in [0.1, 0.15) is 35.3 Å². The monoisotopic (exact) mass is 382 g/mol. The number of carbonyl (C=O) groups is 2. The van der Waals surface area contributed by atoms with E-state index in [9.17, 15) is 14.9 Å². The number of nitrogens with two attached hydrogens (primary N) is 1. The quantitative estimate of drug-likeness (QED) is 0.661. The number of thioether (sulfide) groups is 1. The molecule has 2 rings (SSSR count). The summed E-state index contributed by atoms with van der Waals surface area (Å²) in [6.07, 6.45) is 6.75. The van der Waals surface area contributed by atoms with Crippen LogP contribution in [0.15, 0.2) is 0 Å². The molecule has 1 atom stereocenters. The summed E-state index contributed by atoms with van der Waals surface area (Å²) in [7, 11) is 1.36. The summed E-state index contributed by atoms with van der Waals surface area (Å²) in [5, 5.41) is 14.6. The first-order valence-electron chi connectivity index (χ1n) is 8.35. The van der Waals surface area contributed by atoms with Crippen molar-refractivity contribution in [3.63, 3.8) is 0 Å². The lowest BCUT2D eigenvalue weighted by Crippen LogP contribution is -2.93. The number of anilines is 1. The molecule has 3 N–H and O–H groups in total. The second-order valence-corrected chi connectivity index (χ2v) is 8.02. The molecule has 0 aromatic carbocycles. The van der Waals surface area contributed by atoms with Crippen molar-refractivity contribution in [1.82, 2.24) is 0 Å². The predicted molar refractivity (Wildman–Crippen MR) is 99.9 cm³/mol. The fourth-order valence-corrected chi connectivity index (χ4v) is 4.67. The van der Waals surface area contributed by atoms with Crippen LogP contribution in [0.5, 0.6) is 0 Å². The Morgan fingerprint density at radius 2 is 2.20 bits per heavy atom. The Morgan fingerprint density at radius 3 is 2.88 bits per heavy atom. The summed E-state index contributed by atoms with van der Waals surface area (Å²) in [5.74, 6) is 0.313. The highest BCUT2D eigenvalue weighted by atomic mass is 32.2. The van der Waals surface area contributed by atoms with E-state index in [2.05, 4.69) is 11.4 Å². The molecule has 1 aromatic rings. The summed E-state index contributed by atoms with van der Waals surface area (Å²) in [5.41, 5.74) is 1.71. The normalized spacial score (nSPS) is 14.3. The molecule has 1 aliphatic rings. The van der Waals surface area contributed by atoms with Gasteiger partial charge in [0.25, 0.3) is 5.91 Å². The van der Waals surface area contributed by atoms with Gasteiger partial charge in [-0.3, -0.25) is 4.79 Å². The van der Waals surface area contributed by atoms with Crippen LogP contribution in [0.3, 0.4) is 0 Å². The van der Waals surface area contributed by atoms with E-state index in [0.717, 1.165) is 37.0 Å². The number of amides is 1. The standard InChI is InChI=1S/C17H23N3O3S2/c1-23-17(22)13(7-8-24-2)19-10-15(21)20-16-12(9-18)11-5-3-4-6-14(11)25-16/h13,19H,3-8,10H2,1-2H3,(H,20,21)/p+1/t13-/m1/s1. The summed E-state index contributed by atoms with van der Waals surface area (Å²) >= 11 is 3.16. The zero-order chi connectivity index (χ0) is 18.2. The van der Waals surface area contributed by atoms with E-state index in [-0.39, 0.29) is 24.5 Å². The largest absolute Gasteiger partial charge is 0.465 e. The second-order valence-electron chi connectivity index (χ2n) is 5.93. The molecule has 136 valence electrons. The molecule has 0 saturated heterocycles. The summed E-state index contributed by atoms with van der Waals surface area (Å²) in [6, 6.07) is 1.86. The van der Waals surface area contributed by atoms with Gasteiger partial charge in [0, 0.05) is 11.3 Å². The van der Waals surface area contributed by atoms with Gasteiger partial charge in [0.15, 0.2) is 12.6 Å². The number of rotatable bonds is 8. The number of fused-ring (bicyclic) bond motifs is 1. The van der Waals surface area contributed by atoms with Crippen molar-refractivity contribution in [2.24, 2.45) is 0 Å². The van der Waals surface area contributed by atoms with Gasteiger partial charge in [-0.1, -0.05) is 0 Å². The molecular weight excluding hydrogens is 358 g/mol. The molecule has 1 aromatic heterocycles. The molecule has 0 saturated carbocycles. The SMILES string of the molecule is COC(=O)[C@@H](CCSC)[NH2+]CC(=O)Nc1sc2c(c1C#N)CCCC2. The Labute approximate surface area is 156 Å². The Morgan fingerprint density at radius 1 is 1.44 bits per heavy atom. The van der Waals surface area contributed by atoms with Gasteiger partial charge in [-0.05, 0) is 43.3 Å². The number of hydrogen-bond donors (Lipinski definition) is 2. The highest BCUT2D eigenvalue weighted by Crippen LogP contribution is 2.37. The Balaban J connectivity index is 1.97. The number of nitrogens with zero attached hydrogens (tertiary/aromatic N) is 1. The Kier molecular flexibility index (Phi) is 7.75. The van der Waals surface area contributed by atoms with Gasteiger partial charge < -0.3 is 15.4 Å². The third kappa shape index (κ3) is 5.21. The van der Waals surface area contributed by atoms with Gasteiger partial charge in [-0.2, -0.15) is 17.0 Å². The zero-order valence-corrected chi connectivity index (χ0v) is 16.2. The highest BCUT2D eigenvalue weighted by molar-refractivity contribution is 7.98. The first-order chi connectivity index (χ1) is 12.1. The minimum Gasteiger partial charge on any atom is -0.465 e. The molecule has 25 heavy (non-hydrogen) atoms. The summed E-state index contributed by atoms with van der Waals surface area (Å²) in [4.78, 5) is 25.3. The lowest BCUT2D eigenvalue weighted by atomic mass is 9.96. The number of thiophene rings is 1. The van der Waals surface area contributed by atoms with Crippen molar-refractivity contribution in [2.75, 3.05) is 31.0 Å². The summed E-state index contributed by atoms with van der Waals surface area (Å²) < 4.78 is 4.80. The van der Waals surface area contributed by atoms with Crippen LogP contribution >= 0.6 is 23.1 Å². The molecule has 0 fully saturated rings. The molecule has 0 bridgehead atoms. The van der Waals surface area contributed by atoms with Crippen molar-refractivity contribution >= 4 is 40.0 Å². The van der Waals surface area contributed by atoms with Crippen molar-refractivity contribution < 1.29 is 19.6 Å². The predicted octanol–water partition coefficient (Wildman–Crippen LogP) is 1.30. The maximum atomic E-state index is 12.3. The van der Waals surface area contributed by atoms with Crippen LogP contribution in [0.4, 0.5) is 5.00 Å².